The van der Waals surface area contributed by atoms with Crippen LogP contribution in [0.25, 0.3) is 0 Å². The number of aromatic nitrogens is 1. The third kappa shape index (κ3) is 4.20. The summed E-state index contributed by atoms with van der Waals surface area (Å²) in [5.74, 6) is 0. The van der Waals surface area contributed by atoms with Crippen LogP contribution in [-0.4, -0.2) is 18.1 Å². The molecule has 0 saturated carbocycles. The highest BCUT2D eigenvalue weighted by Gasteiger charge is 2.11. The normalized spacial score (nSPS) is 12.4. The Labute approximate surface area is 123 Å². The number of rotatable bonds is 5. The molecule has 0 aliphatic rings. The molecule has 1 atom stereocenters. The maximum absolute atomic E-state index is 6.14. The summed E-state index contributed by atoms with van der Waals surface area (Å²) >= 11 is 12.1. The Morgan fingerprint density at radius 2 is 2.05 bits per heavy atom. The van der Waals surface area contributed by atoms with Gasteiger partial charge in [0.15, 0.2) is 0 Å². The van der Waals surface area contributed by atoms with Gasteiger partial charge in [-0.3, -0.25) is 4.98 Å². The van der Waals surface area contributed by atoms with Crippen molar-refractivity contribution in [2.45, 2.75) is 18.9 Å². The maximum atomic E-state index is 6.14. The number of pyridine rings is 1. The van der Waals surface area contributed by atoms with Crippen LogP contribution in [0.1, 0.15) is 11.1 Å². The van der Waals surface area contributed by atoms with Crippen molar-refractivity contribution in [3.05, 3.63) is 63.9 Å². The van der Waals surface area contributed by atoms with Crippen molar-refractivity contribution < 1.29 is 0 Å². The summed E-state index contributed by atoms with van der Waals surface area (Å²) in [5.41, 5.74) is 2.33. The Morgan fingerprint density at radius 1 is 1.21 bits per heavy atom. The van der Waals surface area contributed by atoms with E-state index in [0.29, 0.717) is 11.1 Å². The van der Waals surface area contributed by atoms with E-state index in [1.807, 2.05) is 31.3 Å². The molecule has 2 nitrogen and oxygen atoms in total. The standard InChI is InChI=1S/C15H16Cl2N2/c1-18-14(8-11-3-2-4-13(16)7-11)9-12-5-6-19-10-15(12)17/h2-7,10,14,18H,8-9H2,1H3. The van der Waals surface area contributed by atoms with Crippen LogP contribution >= 0.6 is 23.2 Å². The Balaban J connectivity index is 2.07. The highest BCUT2D eigenvalue weighted by Crippen LogP contribution is 2.18. The highest BCUT2D eigenvalue weighted by molar-refractivity contribution is 6.31. The fourth-order valence-electron chi connectivity index (χ4n) is 2.06. The van der Waals surface area contributed by atoms with E-state index in [-0.39, 0.29) is 0 Å². The predicted octanol–water partition coefficient (Wildman–Crippen LogP) is 3.76. The van der Waals surface area contributed by atoms with Crippen LogP contribution in [0.5, 0.6) is 0 Å². The van der Waals surface area contributed by atoms with Gasteiger partial charge in [-0.05, 0) is 49.2 Å². The number of nitrogens with zero attached hydrogens (tertiary/aromatic N) is 1. The topological polar surface area (TPSA) is 24.9 Å². The molecule has 0 amide bonds. The fourth-order valence-corrected chi connectivity index (χ4v) is 2.47. The summed E-state index contributed by atoms with van der Waals surface area (Å²) in [6.07, 6.45) is 5.23. The molecule has 0 bridgehead atoms. The summed E-state index contributed by atoms with van der Waals surface area (Å²) in [6.45, 7) is 0. The summed E-state index contributed by atoms with van der Waals surface area (Å²) < 4.78 is 0. The van der Waals surface area contributed by atoms with Gasteiger partial charge in [0.1, 0.15) is 0 Å². The van der Waals surface area contributed by atoms with Gasteiger partial charge in [0, 0.05) is 23.5 Å². The first kappa shape index (κ1) is 14.3. The lowest BCUT2D eigenvalue weighted by Gasteiger charge is -2.17. The second kappa shape index (κ2) is 6.90. The molecule has 100 valence electrons. The van der Waals surface area contributed by atoms with Crippen molar-refractivity contribution in [3.63, 3.8) is 0 Å². The van der Waals surface area contributed by atoms with Gasteiger partial charge >= 0.3 is 0 Å². The van der Waals surface area contributed by atoms with Gasteiger partial charge in [-0.15, -0.1) is 0 Å². The minimum absolute atomic E-state index is 0.318. The third-order valence-electron chi connectivity index (χ3n) is 3.10. The van der Waals surface area contributed by atoms with E-state index in [9.17, 15) is 0 Å². The number of hydrogen-bond donors (Lipinski definition) is 1. The van der Waals surface area contributed by atoms with Crippen LogP contribution in [0.15, 0.2) is 42.7 Å². The molecule has 0 aliphatic carbocycles. The molecule has 0 spiro atoms. The monoisotopic (exact) mass is 294 g/mol. The second-order valence-electron chi connectivity index (χ2n) is 4.49. The van der Waals surface area contributed by atoms with E-state index in [4.69, 9.17) is 23.2 Å². The van der Waals surface area contributed by atoms with Gasteiger partial charge in [-0.2, -0.15) is 0 Å². The van der Waals surface area contributed by atoms with Crippen LogP contribution < -0.4 is 5.32 Å². The molecule has 2 aromatic rings. The first-order valence-corrected chi connectivity index (χ1v) is 6.94. The van der Waals surface area contributed by atoms with Crippen molar-refractivity contribution in [1.82, 2.24) is 10.3 Å². The third-order valence-corrected chi connectivity index (χ3v) is 3.68. The summed E-state index contributed by atoms with van der Waals surface area (Å²) in [6, 6.07) is 10.2. The number of halogens is 2. The minimum atomic E-state index is 0.318. The molecule has 0 saturated heterocycles. The molecule has 2 rings (SSSR count). The molecule has 4 heteroatoms. The molecule has 1 aromatic carbocycles. The number of likely N-dealkylation sites (N-methyl/N-ethyl adjacent to an activating group) is 1. The Kier molecular flexibility index (Phi) is 5.20. The van der Waals surface area contributed by atoms with Crippen molar-refractivity contribution in [2.75, 3.05) is 7.05 Å². The van der Waals surface area contributed by atoms with Crippen molar-refractivity contribution >= 4 is 23.2 Å². The molecule has 0 aliphatic heterocycles. The minimum Gasteiger partial charge on any atom is -0.316 e. The summed E-state index contributed by atoms with van der Waals surface area (Å²) in [5, 5.41) is 4.81. The largest absolute Gasteiger partial charge is 0.316 e. The number of nitrogens with one attached hydrogen (secondary N) is 1. The van der Waals surface area contributed by atoms with Gasteiger partial charge in [0.25, 0.3) is 0 Å². The average Bonchev–Trinajstić information content (AvgIpc) is 2.40. The fraction of sp³-hybridized carbons (Fsp3) is 0.267. The molecular weight excluding hydrogens is 279 g/mol. The van der Waals surface area contributed by atoms with Crippen molar-refractivity contribution in [3.8, 4) is 0 Å². The van der Waals surface area contributed by atoms with E-state index in [2.05, 4.69) is 16.4 Å². The zero-order valence-corrected chi connectivity index (χ0v) is 12.2. The summed E-state index contributed by atoms with van der Waals surface area (Å²) in [7, 11) is 1.96. The lowest BCUT2D eigenvalue weighted by Crippen LogP contribution is -2.30. The Hall–Kier alpha value is -1.09. The lowest BCUT2D eigenvalue weighted by molar-refractivity contribution is 0.556. The molecular formula is C15H16Cl2N2. The molecule has 0 fully saturated rings. The summed E-state index contributed by atoms with van der Waals surface area (Å²) in [4.78, 5) is 4.00. The van der Waals surface area contributed by atoms with Crippen LogP contribution in [0.3, 0.4) is 0 Å². The van der Waals surface area contributed by atoms with Gasteiger partial charge in [-0.25, -0.2) is 0 Å². The molecule has 1 aromatic heterocycles. The maximum Gasteiger partial charge on any atom is 0.0621 e. The van der Waals surface area contributed by atoms with Crippen molar-refractivity contribution in [2.24, 2.45) is 0 Å². The van der Waals surface area contributed by atoms with Gasteiger partial charge in [-0.1, -0.05) is 35.3 Å². The zero-order chi connectivity index (χ0) is 13.7. The van der Waals surface area contributed by atoms with Crippen LogP contribution in [0, 0.1) is 0 Å². The number of hydrogen-bond acceptors (Lipinski definition) is 2. The van der Waals surface area contributed by atoms with Crippen molar-refractivity contribution in [1.29, 1.82) is 0 Å². The van der Waals surface area contributed by atoms with Gasteiger partial charge in [0.05, 0.1) is 5.02 Å². The first-order valence-electron chi connectivity index (χ1n) is 6.19. The average molecular weight is 295 g/mol. The van der Waals surface area contributed by atoms with Gasteiger partial charge < -0.3 is 5.32 Å². The lowest BCUT2D eigenvalue weighted by atomic mass is 10.00. The molecule has 0 radical (unpaired) electrons. The van der Waals surface area contributed by atoms with Crippen LogP contribution in [0.2, 0.25) is 10.0 Å². The molecule has 1 N–H and O–H groups in total. The van der Waals surface area contributed by atoms with E-state index >= 15 is 0 Å². The number of benzene rings is 1. The SMILES string of the molecule is CNC(Cc1cccc(Cl)c1)Cc1ccncc1Cl. The first-order chi connectivity index (χ1) is 9.19. The van der Waals surface area contributed by atoms with Crippen LogP contribution in [-0.2, 0) is 12.8 Å². The van der Waals surface area contributed by atoms with Gasteiger partial charge in [0.2, 0.25) is 0 Å². The Morgan fingerprint density at radius 3 is 2.74 bits per heavy atom. The molecule has 19 heavy (non-hydrogen) atoms. The van der Waals surface area contributed by atoms with E-state index < -0.39 is 0 Å². The highest BCUT2D eigenvalue weighted by atomic mass is 35.5. The van der Waals surface area contributed by atoms with E-state index in [1.165, 1.54) is 5.56 Å². The predicted molar refractivity (Wildman–Crippen MR) is 81.0 cm³/mol. The Bertz CT molecular complexity index is 543. The molecule has 1 unspecified atom stereocenters. The van der Waals surface area contributed by atoms with E-state index in [0.717, 1.165) is 23.4 Å². The van der Waals surface area contributed by atoms with E-state index in [1.54, 1.807) is 12.4 Å². The molecule has 1 heterocycles. The van der Waals surface area contributed by atoms with Crippen LogP contribution in [0.4, 0.5) is 0 Å². The zero-order valence-electron chi connectivity index (χ0n) is 10.7. The quantitative estimate of drug-likeness (QED) is 0.908. The smallest absolute Gasteiger partial charge is 0.0621 e. The second-order valence-corrected chi connectivity index (χ2v) is 5.33.